The lowest BCUT2D eigenvalue weighted by Gasteiger charge is -2.32. The van der Waals surface area contributed by atoms with Crippen LogP contribution in [0.1, 0.15) is 48.0 Å². The van der Waals surface area contributed by atoms with E-state index in [2.05, 4.69) is 79.9 Å². The van der Waals surface area contributed by atoms with Crippen LogP contribution in [0.2, 0.25) is 0 Å². The first-order valence-electron chi connectivity index (χ1n) is 11.0. The van der Waals surface area contributed by atoms with Gasteiger partial charge in [0.15, 0.2) is 5.76 Å². The lowest BCUT2D eigenvalue weighted by Crippen LogP contribution is -2.37. The highest BCUT2D eigenvalue weighted by atomic mass is 16.6. The number of hydrogen-bond donors (Lipinski definition) is 0. The molecule has 2 atom stereocenters. The van der Waals surface area contributed by atoms with Crippen LogP contribution in [0.3, 0.4) is 0 Å². The Morgan fingerprint density at radius 1 is 1.17 bits per heavy atom. The van der Waals surface area contributed by atoms with Gasteiger partial charge in [0.05, 0.1) is 5.70 Å². The van der Waals surface area contributed by atoms with E-state index in [-0.39, 0.29) is 0 Å². The van der Waals surface area contributed by atoms with Crippen LogP contribution in [-0.4, -0.2) is 48.3 Å². The van der Waals surface area contributed by atoms with E-state index in [1.807, 2.05) is 25.4 Å². The molecule has 2 aliphatic heterocycles. The summed E-state index contributed by atoms with van der Waals surface area (Å²) >= 11 is 0. The van der Waals surface area contributed by atoms with Gasteiger partial charge in [-0.15, -0.1) is 0 Å². The summed E-state index contributed by atoms with van der Waals surface area (Å²) in [5, 5.41) is 0. The third-order valence-corrected chi connectivity index (χ3v) is 5.28. The molecule has 2 rings (SSSR count). The van der Waals surface area contributed by atoms with Gasteiger partial charge in [-0.3, -0.25) is 4.99 Å². The Kier molecular flexibility index (Phi) is 9.30. The standard InChI is InChI=1S/C25H39N3O/c1-7-10-23(20(3)4)11-9-15-27-16-21(5)17-28(22(6)18-27)24(25-19-29-25)12-14-26-13-8-2/h7-11,13-15,20-22H,12,16-19H2,1-6H3/b10-7-,13-8+,15-9+,23-11+,25-24-,26-14?. The molecule has 0 saturated carbocycles. The first-order chi connectivity index (χ1) is 14.0. The summed E-state index contributed by atoms with van der Waals surface area (Å²) in [6.45, 7) is 17.1. The fraction of sp³-hybridized carbons (Fsp3) is 0.560. The van der Waals surface area contributed by atoms with Gasteiger partial charge < -0.3 is 14.5 Å². The summed E-state index contributed by atoms with van der Waals surface area (Å²) in [6, 6.07) is 0.426. The van der Waals surface area contributed by atoms with E-state index in [1.54, 1.807) is 0 Å². The molecule has 2 heterocycles. The second kappa shape index (κ2) is 11.7. The van der Waals surface area contributed by atoms with Crippen molar-refractivity contribution in [3.8, 4) is 0 Å². The molecule has 4 heteroatoms. The van der Waals surface area contributed by atoms with Crippen LogP contribution in [0.25, 0.3) is 0 Å². The summed E-state index contributed by atoms with van der Waals surface area (Å²) in [4.78, 5) is 9.35. The van der Waals surface area contributed by atoms with Gasteiger partial charge in [0.25, 0.3) is 0 Å². The number of hydrogen-bond acceptors (Lipinski definition) is 4. The second-order valence-corrected chi connectivity index (χ2v) is 8.40. The number of allylic oxidation sites excluding steroid dienone is 7. The molecule has 0 aromatic carbocycles. The van der Waals surface area contributed by atoms with Crippen LogP contribution in [0.4, 0.5) is 0 Å². The van der Waals surface area contributed by atoms with E-state index in [1.165, 1.54) is 11.3 Å². The summed E-state index contributed by atoms with van der Waals surface area (Å²) in [7, 11) is 0. The van der Waals surface area contributed by atoms with Crippen molar-refractivity contribution in [3.63, 3.8) is 0 Å². The number of aliphatic imine (C=N–C) groups is 1. The topological polar surface area (TPSA) is 31.4 Å². The maximum atomic E-state index is 5.59. The molecular formula is C25H39N3O. The van der Waals surface area contributed by atoms with Crippen molar-refractivity contribution in [2.75, 3.05) is 26.2 Å². The van der Waals surface area contributed by atoms with Crippen LogP contribution in [0, 0.1) is 11.8 Å². The smallest absolute Gasteiger partial charge is 0.153 e. The third-order valence-electron chi connectivity index (χ3n) is 5.28. The molecule has 0 spiro atoms. The number of rotatable bonds is 8. The van der Waals surface area contributed by atoms with Crippen molar-refractivity contribution in [3.05, 3.63) is 59.8 Å². The van der Waals surface area contributed by atoms with Crippen molar-refractivity contribution in [1.29, 1.82) is 0 Å². The molecule has 2 aliphatic rings. The van der Waals surface area contributed by atoms with Crippen LogP contribution in [0.15, 0.2) is 64.8 Å². The predicted molar refractivity (Wildman–Crippen MR) is 125 cm³/mol. The number of epoxide rings is 1. The zero-order valence-electron chi connectivity index (χ0n) is 19.1. The molecule has 0 aromatic rings. The Hall–Kier alpha value is -2.23. The van der Waals surface area contributed by atoms with Crippen molar-refractivity contribution >= 4 is 6.21 Å². The van der Waals surface area contributed by atoms with Crippen LogP contribution in [0.5, 0.6) is 0 Å². The van der Waals surface area contributed by atoms with E-state index in [0.29, 0.717) is 17.9 Å². The Labute approximate surface area is 178 Å². The predicted octanol–water partition coefficient (Wildman–Crippen LogP) is 5.54. The maximum absolute atomic E-state index is 5.59. The van der Waals surface area contributed by atoms with E-state index in [9.17, 15) is 0 Å². The first-order valence-corrected chi connectivity index (χ1v) is 11.0. The molecular weight excluding hydrogens is 358 g/mol. The molecule has 2 fully saturated rings. The quantitative estimate of drug-likeness (QED) is 0.306. The Bertz CT molecular complexity index is 691. The van der Waals surface area contributed by atoms with Gasteiger partial charge in [0.2, 0.25) is 0 Å². The van der Waals surface area contributed by atoms with Gasteiger partial charge in [0, 0.05) is 44.5 Å². The van der Waals surface area contributed by atoms with Crippen molar-refractivity contribution in [2.45, 2.75) is 54.0 Å². The maximum Gasteiger partial charge on any atom is 0.153 e. The lowest BCUT2D eigenvalue weighted by atomic mass is 10.0. The van der Waals surface area contributed by atoms with Gasteiger partial charge in [-0.2, -0.15) is 0 Å². The normalized spacial score (nSPS) is 25.7. The third kappa shape index (κ3) is 7.60. The Morgan fingerprint density at radius 2 is 1.93 bits per heavy atom. The highest BCUT2D eigenvalue weighted by Crippen LogP contribution is 2.29. The molecule has 0 amide bonds. The average Bonchev–Trinajstić information content (AvgIpc) is 3.51. The zero-order chi connectivity index (χ0) is 21.2. The SMILES string of the molecule is C\C=C/C(=C\C=C\N1CC(C)CN(/C(CC=N/C=C/C)=C2/CO2)C(C)C1)C(C)C. The van der Waals surface area contributed by atoms with E-state index >= 15 is 0 Å². The van der Waals surface area contributed by atoms with Gasteiger partial charge in [-0.25, -0.2) is 0 Å². The van der Waals surface area contributed by atoms with Crippen molar-refractivity contribution in [1.82, 2.24) is 9.80 Å². The average molecular weight is 398 g/mol. The van der Waals surface area contributed by atoms with Crippen LogP contribution >= 0.6 is 0 Å². The molecule has 160 valence electrons. The van der Waals surface area contributed by atoms with Crippen LogP contribution < -0.4 is 0 Å². The van der Waals surface area contributed by atoms with E-state index in [0.717, 1.165) is 38.4 Å². The van der Waals surface area contributed by atoms with Gasteiger partial charge >= 0.3 is 0 Å². The van der Waals surface area contributed by atoms with Crippen molar-refractivity contribution < 1.29 is 4.74 Å². The minimum absolute atomic E-state index is 0.426. The lowest BCUT2D eigenvalue weighted by molar-refractivity contribution is 0.245. The van der Waals surface area contributed by atoms with Crippen molar-refractivity contribution in [2.24, 2.45) is 16.8 Å². The number of nitrogens with zero attached hydrogens (tertiary/aromatic N) is 3. The van der Waals surface area contributed by atoms with Gasteiger partial charge in [-0.05, 0) is 50.5 Å². The minimum atomic E-state index is 0.426. The molecule has 0 bridgehead atoms. The fourth-order valence-corrected chi connectivity index (χ4v) is 3.77. The summed E-state index contributed by atoms with van der Waals surface area (Å²) in [5.74, 6) is 2.25. The Balaban J connectivity index is 2.09. The summed E-state index contributed by atoms with van der Waals surface area (Å²) in [6.07, 6.45) is 17.6. The molecule has 2 unspecified atom stereocenters. The fourth-order valence-electron chi connectivity index (χ4n) is 3.77. The summed E-state index contributed by atoms with van der Waals surface area (Å²) < 4.78 is 5.59. The van der Waals surface area contributed by atoms with E-state index in [4.69, 9.17) is 4.74 Å². The van der Waals surface area contributed by atoms with Gasteiger partial charge in [0.1, 0.15) is 6.61 Å². The molecule has 4 nitrogen and oxygen atoms in total. The number of ether oxygens (including phenoxy) is 1. The van der Waals surface area contributed by atoms with Crippen LogP contribution in [-0.2, 0) is 4.74 Å². The van der Waals surface area contributed by atoms with E-state index < -0.39 is 0 Å². The first kappa shape index (κ1) is 23.1. The molecule has 0 aromatic heterocycles. The zero-order valence-corrected chi connectivity index (χ0v) is 19.1. The summed E-state index contributed by atoms with van der Waals surface area (Å²) in [5.41, 5.74) is 2.66. The Morgan fingerprint density at radius 3 is 2.55 bits per heavy atom. The molecule has 0 N–H and O–H groups in total. The monoisotopic (exact) mass is 397 g/mol. The largest absolute Gasteiger partial charge is 0.484 e. The van der Waals surface area contributed by atoms with Gasteiger partial charge in [-0.1, -0.05) is 45.1 Å². The minimum Gasteiger partial charge on any atom is -0.484 e. The highest BCUT2D eigenvalue weighted by molar-refractivity contribution is 5.62. The molecule has 0 aliphatic carbocycles. The second-order valence-electron chi connectivity index (χ2n) is 8.40. The molecule has 29 heavy (non-hydrogen) atoms. The highest BCUT2D eigenvalue weighted by Gasteiger charge is 2.30. The molecule has 0 radical (unpaired) electrons. The molecule has 2 saturated heterocycles.